The number of alkyl halides is 3. The van der Waals surface area contributed by atoms with Crippen LogP contribution in [-0.2, 0) is 0 Å². The third kappa shape index (κ3) is 2.27. The van der Waals surface area contributed by atoms with Crippen molar-refractivity contribution in [1.82, 2.24) is 20.3 Å². The van der Waals surface area contributed by atoms with Gasteiger partial charge in [0.2, 0.25) is 0 Å². The highest BCUT2D eigenvalue weighted by molar-refractivity contribution is 5.94. The quantitative estimate of drug-likeness (QED) is 0.882. The molecule has 0 aliphatic heterocycles. The van der Waals surface area contributed by atoms with Crippen LogP contribution in [-0.4, -0.2) is 32.6 Å². The first-order chi connectivity index (χ1) is 11.3. The van der Waals surface area contributed by atoms with Gasteiger partial charge in [0.05, 0.1) is 17.3 Å². The minimum absolute atomic E-state index is 0.0859. The van der Waals surface area contributed by atoms with E-state index < -0.39 is 17.1 Å². The third-order valence-electron chi connectivity index (χ3n) is 5.74. The van der Waals surface area contributed by atoms with Crippen LogP contribution in [0.3, 0.4) is 0 Å². The minimum Gasteiger partial charge on any atom is -0.345 e. The van der Waals surface area contributed by atoms with Gasteiger partial charge in [-0.2, -0.15) is 13.2 Å². The van der Waals surface area contributed by atoms with E-state index in [1.807, 2.05) is 0 Å². The Balaban J connectivity index is 1.51. The van der Waals surface area contributed by atoms with Gasteiger partial charge < -0.3 is 10.3 Å². The topological polar surface area (TPSA) is 70.7 Å². The van der Waals surface area contributed by atoms with Crippen molar-refractivity contribution >= 4 is 17.1 Å². The molecular formula is C16H17F3N4O. The monoisotopic (exact) mass is 338 g/mol. The molecule has 2 aromatic heterocycles. The average Bonchev–Trinajstić information content (AvgIpc) is 3.02. The van der Waals surface area contributed by atoms with E-state index >= 15 is 0 Å². The van der Waals surface area contributed by atoms with Crippen molar-refractivity contribution in [1.29, 1.82) is 0 Å². The Morgan fingerprint density at radius 1 is 1.12 bits per heavy atom. The average molecular weight is 338 g/mol. The van der Waals surface area contributed by atoms with Crippen molar-refractivity contribution < 1.29 is 18.0 Å². The fourth-order valence-corrected chi connectivity index (χ4v) is 4.05. The van der Waals surface area contributed by atoms with Crippen LogP contribution < -0.4 is 5.32 Å². The van der Waals surface area contributed by atoms with Gasteiger partial charge in [0.15, 0.2) is 5.65 Å². The van der Waals surface area contributed by atoms with Crippen molar-refractivity contribution in [2.24, 2.45) is 5.41 Å². The summed E-state index contributed by atoms with van der Waals surface area (Å²) in [6, 6.07) is 3.32. The first kappa shape index (κ1) is 15.4. The molecule has 3 aliphatic carbocycles. The maximum absolute atomic E-state index is 13.3. The highest BCUT2D eigenvalue weighted by atomic mass is 19.4. The number of nitrogens with one attached hydrogen (secondary N) is 2. The molecular weight excluding hydrogens is 321 g/mol. The number of aromatic nitrogens is 3. The molecule has 24 heavy (non-hydrogen) atoms. The molecule has 2 heterocycles. The number of amides is 1. The molecule has 0 unspecified atom stereocenters. The molecule has 0 atom stereocenters. The number of pyridine rings is 1. The first-order valence-corrected chi connectivity index (χ1v) is 8.02. The van der Waals surface area contributed by atoms with Gasteiger partial charge in [0.1, 0.15) is 5.69 Å². The van der Waals surface area contributed by atoms with Crippen molar-refractivity contribution in [3.05, 3.63) is 24.2 Å². The highest BCUT2D eigenvalue weighted by Gasteiger charge is 2.61. The molecule has 128 valence electrons. The van der Waals surface area contributed by atoms with E-state index in [0.29, 0.717) is 24.9 Å². The van der Waals surface area contributed by atoms with Crippen LogP contribution in [0.4, 0.5) is 13.2 Å². The lowest BCUT2D eigenvalue weighted by atomic mass is 9.57. The number of hydrogen-bond donors (Lipinski definition) is 2. The Bertz CT molecular complexity index is 773. The van der Waals surface area contributed by atoms with Gasteiger partial charge in [0, 0.05) is 5.54 Å². The van der Waals surface area contributed by atoms with Crippen LogP contribution in [0.25, 0.3) is 11.2 Å². The molecule has 2 N–H and O–H groups in total. The molecule has 1 amide bonds. The largest absolute Gasteiger partial charge is 0.394 e. The number of nitrogens with zero attached hydrogens (tertiary/aromatic N) is 2. The Kier molecular flexibility index (Phi) is 3.17. The van der Waals surface area contributed by atoms with Crippen LogP contribution in [0.5, 0.6) is 0 Å². The molecule has 5 rings (SSSR count). The van der Waals surface area contributed by atoms with Gasteiger partial charge in [-0.05, 0) is 50.7 Å². The summed E-state index contributed by atoms with van der Waals surface area (Å²) in [4.78, 5) is 23.6. The fraction of sp³-hybridized carbons (Fsp3) is 0.562. The molecule has 3 saturated carbocycles. The molecule has 0 saturated heterocycles. The summed E-state index contributed by atoms with van der Waals surface area (Å²) in [6.45, 7) is 0. The van der Waals surface area contributed by atoms with E-state index in [1.165, 1.54) is 6.33 Å². The molecule has 3 fully saturated rings. The van der Waals surface area contributed by atoms with Gasteiger partial charge in [-0.3, -0.25) is 4.79 Å². The van der Waals surface area contributed by atoms with E-state index in [4.69, 9.17) is 0 Å². The number of H-pyrrole nitrogens is 1. The molecule has 5 nitrogen and oxygen atoms in total. The Hall–Kier alpha value is -2.12. The van der Waals surface area contributed by atoms with Crippen molar-refractivity contribution in [2.45, 2.75) is 50.2 Å². The van der Waals surface area contributed by atoms with E-state index in [2.05, 4.69) is 20.3 Å². The van der Waals surface area contributed by atoms with E-state index in [9.17, 15) is 18.0 Å². The summed E-state index contributed by atoms with van der Waals surface area (Å²) >= 11 is 0. The number of hydrogen-bond acceptors (Lipinski definition) is 3. The lowest BCUT2D eigenvalue weighted by Gasteiger charge is -2.53. The predicted molar refractivity (Wildman–Crippen MR) is 80.3 cm³/mol. The van der Waals surface area contributed by atoms with Crippen molar-refractivity contribution in [2.75, 3.05) is 0 Å². The highest BCUT2D eigenvalue weighted by Crippen LogP contribution is 2.59. The van der Waals surface area contributed by atoms with Crippen molar-refractivity contribution in [3.8, 4) is 0 Å². The van der Waals surface area contributed by atoms with Gasteiger partial charge in [0.25, 0.3) is 5.91 Å². The predicted octanol–water partition coefficient (Wildman–Crippen LogP) is 3.34. The van der Waals surface area contributed by atoms with Crippen LogP contribution in [0.15, 0.2) is 18.5 Å². The Morgan fingerprint density at radius 2 is 1.79 bits per heavy atom. The second kappa shape index (κ2) is 4.94. The number of carbonyl (C=O) groups excluding carboxylic acids is 1. The molecule has 3 aliphatic rings. The normalized spacial score (nSPS) is 29.8. The SMILES string of the molecule is O=C(NC12CCC(C(F)(F)F)(CC1)CC2)c1ccc2[nH]cnc2n1. The minimum atomic E-state index is -4.16. The van der Waals surface area contributed by atoms with Crippen molar-refractivity contribution in [3.63, 3.8) is 0 Å². The summed E-state index contributed by atoms with van der Waals surface area (Å²) < 4.78 is 39.9. The number of carbonyl (C=O) groups is 1. The molecule has 2 aromatic rings. The van der Waals surface area contributed by atoms with Crippen LogP contribution >= 0.6 is 0 Å². The zero-order valence-corrected chi connectivity index (χ0v) is 12.9. The van der Waals surface area contributed by atoms with E-state index in [0.717, 1.165) is 5.52 Å². The fourth-order valence-electron chi connectivity index (χ4n) is 4.05. The number of rotatable bonds is 2. The summed E-state index contributed by atoms with van der Waals surface area (Å²) in [7, 11) is 0. The summed E-state index contributed by atoms with van der Waals surface area (Å²) in [5.41, 5.74) is -0.668. The summed E-state index contributed by atoms with van der Waals surface area (Å²) in [5, 5.41) is 2.96. The molecule has 0 spiro atoms. The zero-order chi connectivity index (χ0) is 17.0. The van der Waals surface area contributed by atoms with Gasteiger partial charge >= 0.3 is 6.18 Å². The Labute approximate surface area is 136 Å². The standard InChI is InChI=1S/C16H17F3N4O/c17-16(18,19)14-3-6-15(7-4-14,8-5-14)23-13(24)11-2-1-10-12(22-11)21-9-20-10/h1-2,9H,3-8H2,(H,23,24)(H,20,21,22). The zero-order valence-electron chi connectivity index (χ0n) is 12.9. The summed E-state index contributed by atoms with van der Waals surface area (Å²) in [5.74, 6) is -0.346. The molecule has 8 heteroatoms. The van der Waals surface area contributed by atoms with Crippen LogP contribution in [0, 0.1) is 5.41 Å². The lowest BCUT2D eigenvalue weighted by Crippen LogP contribution is -2.59. The molecule has 0 radical (unpaired) electrons. The first-order valence-electron chi connectivity index (χ1n) is 8.02. The second-order valence-corrected chi connectivity index (χ2v) is 6.98. The van der Waals surface area contributed by atoms with Gasteiger partial charge in [-0.15, -0.1) is 0 Å². The second-order valence-electron chi connectivity index (χ2n) is 6.98. The van der Waals surface area contributed by atoms with Gasteiger partial charge in [-0.25, -0.2) is 9.97 Å². The smallest absolute Gasteiger partial charge is 0.345 e. The number of aromatic amines is 1. The maximum atomic E-state index is 13.3. The number of halogens is 3. The molecule has 0 aromatic carbocycles. The van der Waals surface area contributed by atoms with Crippen LogP contribution in [0.1, 0.15) is 49.0 Å². The number of fused-ring (bicyclic) bond motifs is 4. The van der Waals surface area contributed by atoms with E-state index in [1.54, 1.807) is 12.1 Å². The third-order valence-corrected chi connectivity index (χ3v) is 5.74. The number of imidazole rings is 1. The van der Waals surface area contributed by atoms with Crippen LogP contribution in [0.2, 0.25) is 0 Å². The van der Waals surface area contributed by atoms with Gasteiger partial charge in [-0.1, -0.05) is 0 Å². The Morgan fingerprint density at radius 3 is 2.42 bits per heavy atom. The van der Waals surface area contributed by atoms with E-state index in [-0.39, 0.29) is 30.9 Å². The molecule has 2 bridgehead atoms. The summed E-state index contributed by atoms with van der Waals surface area (Å²) in [6.07, 6.45) is -1.31. The maximum Gasteiger partial charge on any atom is 0.394 e. The lowest BCUT2D eigenvalue weighted by molar-refractivity contribution is -0.253.